The summed E-state index contributed by atoms with van der Waals surface area (Å²) >= 11 is 3.42. The summed E-state index contributed by atoms with van der Waals surface area (Å²) in [6.45, 7) is 3.43. The molecule has 0 saturated heterocycles. The highest BCUT2D eigenvalue weighted by molar-refractivity contribution is 9.10. The molecule has 2 aliphatic heterocycles. The Kier molecular flexibility index (Phi) is 3.30. The first-order valence-corrected chi connectivity index (χ1v) is 8.45. The monoisotopic (exact) mass is 413 g/mol. The quantitative estimate of drug-likeness (QED) is 0.683. The maximum Gasteiger partial charge on any atom is 0.344 e. The van der Waals surface area contributed by atoms with Gasteiger partial charge in [-0.25, -0.2) is 4.79 Å². The molecule has 0 aliphatic carbocycles. The van der Waals surface area contributed by atoms with Crippen molar-refractivity contribution < 1.29 is 13.9 Å². The molecule has 0 bridgehead atoms. The average molecular weight is 414 g/mol. The number of anilines is 1. The number of ether oxygens (including phenoxy) is 1. The fraction of sp³-hybridized carbons (Fsp3) is 0.167. The number of nitrogens with one attached hydrogen (secondary N) is 1. The minimum Gasteiger partial charge on any atom is -0.440 e. The van der Waals surface area contributed by atoms with E-state index < -0.39 is 16.9 Å². The van der Waals surface area contributed by atoms with Crippen LogP contribution in [0.2, 0.25) is 0 Å². The van der Waals surface area contributed by atoms with Crippen molar-refractivity contribution >= 4 is 27.5 Å². The van der Waals surface area contributed by atoms with Gasteiger partial charge in [-0.15, -0.1) is 0 Å². The summed E-state index contributed by atoms with van der Waals surface area (Å²) in [6, 6.07) is 6.91. The number of aryl methyl sites for hydroxylation is 2. The lowest BCUT2D eigenvalue weighted by atomic mass is 9.69. The zero-order valence-electron chi connectivity index (χ0n) is 13.8. The number of carbonyl (C=O) groups is 1. The Hall–Kier alpha value is -3.05. The molecule has 7 nitrogen and oxygen atoms in total. The van der Waals surface area contributed by atoms with Gasteiger partial charge in [0.2, 0.25) is 11.8 Å². The topological polar surface area (TPSA) is 118 Å². The van der Waals surface area contributed by atoms with Crippen molar-refractivity contribution in [3.63, 3.8) is 0 Å². The summed E-state index contributed by atoms with van der Waals surface area (Å²) in [6.07, 6.45) is 0. The zero-order valence-corrected chi connectivity index (χ0v) is 15.4. The van der Waals surface area contributed by atoms with Crippen LogP contribution in [-0.4, -0.2) is 5.91 Å². The van der Waals surface area contributed by atoms with Crippen molar-refractivity contribution in [3.8, 4) is 11.8 Å². The van der Waals surface area contributed by atoms with Gasteiger partial charge in [0.1, 0.15) is 28.7 Å². The average Bonchev–Trinajstić information content (AvgIpc) is 2.80. The van der Waals surface area contributed by atoms with Gasteiger partial charge in [-0.1, -0.05) is 22.0 Å². The Morgan fingerprint density at radius 1 is 1.27 bits per heavy atom. The van der Waals surface area contributed by atoms with Gasteiger partial charge in [0.25, 0.3) is 0 Å². The van der Waals surface area contributed by atoms with E-state index in [0.717, 1.165) is 10.0 Å². The molecule has 8 heteroatoms. The smallest absolute Gasteiger partial charge is 0.344 e. The molecule has 0 saturated carbocycles. The molecule has 2 aliphatic rings. The highest BCUT2D eigenvalue weighted by Crippen LogP contribution is 2.52. The lowest BCUT2D eigenvalue weighted by Crippen LogP contribution is -2.45. The van der Waals surface area contributed by atoms with Crippen LogP contribution in [0.15, 0.2) is 43.3 Å². The number of carbonyl (C=O) groups excluding carboxylic acids is 1. The Morgan fingerprint density at radius 3 is 2.69 bits per heavy atom. The number of halogens is 1. The van der Waals surface area contributed by atoms with Crippen molar-refractivity contribution in [3.05, 3.63) is 67.0 Å². The first kappa shape index (κ1) is 16.4. The second kappa shape index (κ2) is 5.22. The van der Waals surface area contributed by atoms with Gasteiger partial charge >= 0.3 is 5.63 Å². The molecule has 1 amide bonds. The number of amides is 1. The SMILES string of the molecule is Cc1cc2c(c(=O)o1)C1(C(=O)Nc3cc(Br)c(C)cc31)C(C#N)=C(N)O2. The molecule has 4 rings (SSSR count). The third kappa shape index (κ3) is 1.86. The Morgan fingerprint density at radius 2 is 2.00 bits per heavy atom. The third-order valence-electron chi connectivity index (χ3n) is 4.66. The van der Waals surface area contributed by atoms with Crippen LogP contribution in [0.1, 0.15) is 22.5 Å². The van der Waals surface area contributed by atoms with E-state index in [0.29, 0.717) is 17.0 Å². The minimum absolute atomic E-state index is 0.0492. The fourth-order valence-corrected chi connectivity index (χ4v) is 3.89. The van der Waals surface area contributed by atoms with E-state index in [4.69, 9.17) is 14.9 Å². The Labute approximate surface area is 156 Å². The van der Waals surface area contributed by atoms with Gasteiger partial charge in [0.05, 0.1) is 0 Å². The van der Waals surface area contributed by atoms with E-state index in [1.165, 1.54) is 6.07 Å². The molecule has 0 fully saturated rings. The van der Waals surface area contributed by atoms with Crippen LogP contribution in [-0.2, 0) is 10.2 Å². The molecule has 1 spiro atoms. The van der Waals surface area contributed by atoms with Crippen molar-refractivity contribution in [2.75, 3.05) is 5.32 Å². The Bertz CT molecular complexity index is 1140. The van der Waals surface area contributed by atoms with Crippen LogP contribution in [0, 0.1) is 25.2 Å². The second-order valence-corrected chi connectivity index (χ2v) is 7.04. The van der Waals surface area contributed by atoms with E-state index in [-0.39, 0.29) is 22.8 Å². The van der Waals surface area contributed by atoms with E-state index >= 15 is 0 Å². The van der Waals surface area contributed by atoms with Gasteiger partial charge in [0, 0.05) is 21.8 Å². The molecular weight excluding hydrogens is 402 g/mol. The number of nitriles is 1. The molecule has 3 N–H and O–H groups in total. The maximum absolute atomic E-state index is 13.1. The van der Waals surface area contributed by atoms with Gasteiger partial charge in [-0.05, 0) is 25.5 Å². The summed E-state index contributed by atoms with van der Waals surface area (Å²) in [7, 11) is 0. The normalized spacial score (nSPS) is 20.3. The fourth-order valence-electron chi connectivity index (χ4n) is 3.55. The third-order valence-corrected chi connectivity index (χ3v) is 5.51. The Balaban J connectivity index is 2.22. The first-order chi connectivity index (χ1) is 12.3. The minimum atomic E-state index is -1.71. The van der Waals surface area contributed by atoms with E-state index in [9.17, 15) is 14.9 Å². The molecule has 1 unspecified atom stereocenters. The van der Waals surface area contributed by atoms with Crippen LogP contribution in [0.5, 0.6) is 5.75 Å². The number of rotatable bonds is 0. The summed E-state index contributed by atoms with van der Waals surface area (Å²) in [4.78, 5) is 25.9. The molecule has 2 aromatic rings. The van der Waals surface area contributed by atoms with Gasteiger partial charge in [-0.3, -0.25) is 4.79 Å². The molecule has 3 heterocycles. The molecule has 1 aromatic heterocycles. The summed E-state index contributed by atoms with van der Waals surface area (Å²) in [5.41, 5.74) is 5.10. The summed E-state index contributed by atoms with van der Waals surface area (Å²) in [5.74, 6) is -0.347. The molecule has 1 aromatic carbocycles. The lowest BCUT2D eigenvalue weighted by Gasteiger charge is -2.32. The molecule has 26 heavy (non-hydrogen) atoms. The zero-order chi connectivity index (χ0) is 18.8. The number of nitrogens with two attached hydrogens (primary N) is 1. The standard InChI is InChI=1S/C18H12BrN3O4/c1-7-3-9-12(5-11(7)19)22-17(24)18(9)10(6-20)15(21)26-13-4-8(2)25-16(23)14(13)18/h3-5H,21H2,1-2H3,(H,22,24). The number of hydrogen-bond acceptors (Lipinski definition) is 6. The predicted octanol–water partition coefficient (Wildman–Crippen LogP) is 2.34. The van der Waals surface area contributed by atoms with Crippen molar-refractivity contribution in [1.29, 1.82) is 5.26 Å². The van der Waals surface area contributed by atoms with Crippen molar-refractivity contribution in [1.82, 2.24) is 0 Å². The molecule has 130 valence electrons. The number of hydrogen-bond donors (Lipinski definition) is 2. The number of nitrogens with zero attached hydrogens (tertiary/aromatic N) is 1. The summed E-state index contributed by atoms with van der Waals surface area (Å²) in [5, 5.41) is 12.5. The highest BCUT2D eigenvalue weighted by Gasteiger charge is 2.58. The molecule has 0 radical (unpaired) electrons. The second-order valence-electron chi connectivity index (χ2n) is 6.19. The largest absolute Gasteiger partial charge is 0.440 e. The lowest BCUT2D eigenvalue weighted by molar-refractivity contribution is -0.118. The maximum atomic E-state index is 13.1. The number of fused-ring (bicyclic) bond motifs is 4. The van der Waals surface area contributed by atoms with Crippen molar-refractivity contribution in [2.45, 2.75) is 19.3 Å². The van der Waals surface area contributed by atoms with Crippen LogP contribution < -0.4 is 21.4 Å². The van der Waals surface area contributed by atoms with Crippen LogP contribution in [0.3, 0.4) is 0 Å². The molecular formula is C18H12BrN3O4. The van der Waals surface area contributed by atoms with Gasteiger partial charge in [0.15, 0.2) is 5.41 Å². The van der Waals surface area contributed by atoms with Crippen LogP contribution in [0.4, 0.5) is 5.69 Å². The molecule has 1 atom stereocenters. The van der Waals surface area contributed by atoms with Crippen LogP contribution >= 0.6 is 15.9 Å². The van der Waals surface area contributed by atoms with Gasteiger partial charge < -0.3 is 20.2 Å². The summed E-state index contributed by atoms with van der Waals surface area (Å²) < 4.78 is 11.5. The first-order valence-electron chi connectivity index (χ1n) is 7.66. The highest BCUT2D eigenvalue weighted by atomic mass is 79.9. The van der Waals surface area contributed by atoms with E-state index in [1.807, 2.05) is 13.0 Å². The van der Waals surface area contributed by atoms with E-state index in [2.05, 4.69) is 21.2 Å². The van der Waals surface area contributed by atoms with E-state index in [1.54, 1.807) is 19.1 Å². The van der Waals surface area contributed by atoms with Gasteiger partial charge in [-0.2, -0.15) is 5.26 Å². The number of benzene rings is 1. The predicted molar refractivity (Wildman–Crippen MR) is 95.5 cm³/mol. The van der Waals surface area contributed by atoms with Crippen molar-refractivity contribution in [2.24, 2.45) is 5.73 Å². The van der Waals surface area contributed by atoms with Crippen LogP contribution in [0.25, 0.3) is 0 Å².